The van der Waals surface area contributed by atoms with E-state index in [0.717, 1.165) is 25.2 Å². The van der Waals surface area contributed by atoms with E-state index < -0.39 is 0 Å². The molecule has 1 amide bonds. The molecule has 2 rings (SSSR count). The Balaban J connectivity index is 1.81. The Morgan fingerprint density at radius 2 is 2.28 bits per heavy atom. The monoisotopic (exact) mass is 245 g/mol. The molecule has 0 saturated carbocycles. The highest BCUT2D eigenvalue weighted by molar-refractivity contribution is 5.79. The third-order valence-electron chi connectivity index (χ3n) is 3.35. The molecule has 1 fully saturated rings. The predicted molar refractivity (Wildman–Crippen MR) is 69.8 cm³/mol. The lowest BCUT2D eigenvalue weighted by Gasteiger charge is -2.15. The van der Waals surface area contributed by atoms with Crippen molar-refractivity contribution < 1.29 is 4.79 Å². The van der Waals surface area contributed by atoms with Crippen molar-refractivity contribution in [2.45, 2.75) is 33.2 Å². The fourth-order valence-corrected chi connectivity index (χ4v) is 2.41. The smallest absolute Gasteiger partial charge is 0.223 e. The van der Waals surface area contributed by atoms with E-state index in [0.29, 0.717) is 13.0 Å². The minimum Gasteiger partial charge on any atom is -0.341 e. The first kappa shape index (κ1) is 12.7. The molecule has 4 nitrogen and oxygen atoms in total. The Hall–Kier alpha value is -1.76. The summed E-state index contributed by atoms with van der Waals surface area (Å²) in [6.45, 7) is 6.38. The first-order valence-corrected chi connectivity index (χ1v) is 6.35. The fourth-order valence-electron chi connectivity index (χ4n) is 2.41. The lowest BCUT2D eigenvalue weighted by Crippen LogP contribution is -2.27. The van der Waals surface area contributed by atoms with Gasteiger partial charge in [-0.15, -0.1) is 12.3 Å². The number of aryl methyl sites for hydroxylation is 3. The molecule has 0 spiro atoms. The van der Waals surface area contributed by atoms with E-state index in [1.807, 2.05) is 16.5 Å². The number of rotatable bonds is 4. The lowest BCUT2D eigenvalue weighted by molar-refractivity contribution is -0.127. The molecule has 2 heterocycles. The summed E-state index contributed by atoms with van der Waals surface area (Å²) in [5.41, 5.74) is 2.21. The largest absolute Gasteiger partial charge is 0.341 e. The van der Waals surface area contributed by atoms with Crippen LogP contribution in [0.4, 0.5) is 0 Å². The van der Waals surface area contributed by atoms with E-state index in [1.165, 1.54) is 5.69 Å². The van der Waals surface area contributed by atoms with Gasteiger partial charge in [0.15, 0.2) is 0 Å². The summed E-state index contributed by atoms with van der Waals surface area (Å²) in [5, 5.41) is 4.41. The fraction of sp³-hybridized carbons (Fsp3) is 0.571. The Bertz CT molecular complexity index is 484. The van der Waals surface area contributed by atoms with Crippen LogP contribution < -0.4 is 0 Å². The molecule has 0 bridgehead atoms. The van der Waals surface area contributed by atoms with Gasteiger partial charge in [-0.2, -0.15) is 5.10 Å². The summed E-state index contributed by atoms with van der Waals surface area (Å²) >= 11 is 0. The Morgan fingerprint density at radius 1 is 1.50 bits per heavy atom. The van der Waals surface area contributed by atoms with Crippen LogP contribution in [0.25, 0.3) is 0 Å². The average Bonchev–Trinajstić information content (AvgIpc) is 2.83. The van der Waals surface area contributed by atoms with Gasteiger partial charge in [-0.1, -0.05) is 0 Å². The average molecular weight is 245 g/mol. The number of likely N-dealkylation sites (tertiary alicyclic amines) is 1. The molecule has 18 heavy (non-hydrogen) atoms. The second-order valence-corrected chi connectivity index (χ2v) is 4.91. The molecule has 1 aliphatic heterocycles. The summed E-state index contributed by atoms with van der Waals surface area (Å²) in [4.78, 5) is 13.5. The van der Waals surface area contributed by atoms with Crippen molar-refractivity contribution >= 4 is 5.91 Å². The molecule has 0 N–H and O–H groups in total. The van der Waals surface area contributed by atoms with Gasteiger partial charge < -0.3 is 4.90 Å². The van der Waals surface area contributed by atoms with Gasteiger partial charge in [-0.25, -0.2) is 0 Å². The van der Waals surface area contributed by atoms with Crippen molar-refractivity contribution in [1.29, 1.82) is 0 Å². The summed E-state index contributed by atoms with van der Waals surface area (Å²) < 4.78 is 1.99. The number of hydrogen-bond donors (Lipinski definition) is 0. The second-order valence-electron chi connectivity index (χ2n) is 4.91. The summed E-state index contributed by atoms with van der Waals surface area (Å²) in [5.74, 6) is 2.95. The minimum absolute atomic E-state index is 0.103. The summed E-state index contributed by atoms with van der Waals surface area (Å²) in [6, 6.07) is 2.06. The van der Waals surface area contributed by atoms with Crippen molar-refractivity contribution in [3.8, 4) is 12.3 Å². The standard InChI is InChI=1S/C14H19N3O/c1-4-13-9-14(18)16(10-13)6-5-7-17-12(3)8-11(2)15-17/h1,8,13H,5-7,9-10H2,2-3H3. The maximum atomic E-state index is 11.7. The quantitative estimate of drug-likeness (QED) is 0.751. The van der Waals surface area contributed by atoms with E-state index in [2.05, 4.69) is 24.0 Å². The molecule has 0 radical (unpaired) electrons. The van der Waals surface area contributed by atoms with Gasteiger partial charge in [-0.3, -0.25) is 9.48 Å². The minimum atomic E-state index is 0.103. The van der Waals surface area contributed by atoms with Crippen LogP contribution in [0.15, 0.2) is 6.07 Å². The van der Waals surface area contributed by atoms with E-state index in [1.54, 1.807) is 0 Å². The molecule has 1 aromatic rings. The number of hydrogen-bond acceptors (Lipinski definition) is 2. The lowest BCUT2D eigenvalue weighted by atomic mass is 10.1. The zero-order valence-corrected chi connectivity index (χ0v) is 11.0. The SMILES string of the molecule is C#CC1CC(=O)N(CCCn2nc(C)cc2C)C1. The zero-order valence-electron chi connectivity index (χ0n) is 11.0. The number of carbonyl (C=O) groups excluding carboxylic acids is 1. The molecule has 1 unspecified atom stereocenters. The normalized spacial score (nSPS) is 19.3. The molecule has 1 aromatic heterocycles. The van der Waals surface area contributed by atoms with Crippen molar-refractivity contribution in [3.05, 3.63) is 17.5 Å². The zero-order chi connectivity index (χ0) is 13.1. The molecule has 0 aromatic carbocycles. The van der Waals surface area contributed by atoms with Gasteiger partial charge in [0, 0.05) is 37.7 Å². The van der Waals surface area contributed by atoms with Crippen LogP contribution in [0.5, 0.6) is 0 Å². The van der Waals surface area contributed by atoms with Gasteiger partial charge in [0.25, 0.3) is 0 Å². The molecule has 96 valence electrons. The van der Waals surface area contributed by atoms with Crippen LogP contribution in [-0.2, 0) is 11.3 Å². The second kappa shape index (κ2) is 5.26. The van der Waals surface area contributed by atoms with Crippen LogP contribution in [0, 0.1) is 32.1 Å². The first-order valence-electron chi connectivity index (χ1n) is 6.35. The molecule has 1 atom stereocenters. The van der Waals surface area contributed by atoms with Gasteiger partial charge in [0.05, 0.1) is 5.69 Å². The number of aromatic nitrogens is 2. The highest BCUT2D eigenvalue weighted by Crippen LogP contribution is 2.17. The van der Waals surface area contributed by atoms with E-state index >= 15 is 0 Å². The van der Waals surface area contributed by atoms with Gasteiger partial charge in [0.1, 0.15) is 0 Å². The maximum absolute atomic E-state index is 11.7. The number of amides is 1. The van der Waals surface area contributed by atoms with Crippen LogP contribution in [-0.4, -0.2) is 33.7 Å². The van der Waals surface area contributed by atoms with Gasteiger partial charge >= 0.3 is 0 Å². The third-order valence-corrected chi connectivity index (χ3v) is 3.35. The number of terminal acetylenes is 1. The van der Waals surface area contributed by atoms with Gasteiger partial charge in [-0.05, 0) is 26.3 Å². The number of carbonyl (C=O) groups is 1. The summed E-state index contributed by atoms with van der Waals surface area (Å²) in [6.07, 6.45) is 6.79. The Morgan fingerprint density at radius 3 is 2.83 bits per heavy atom. The molecular weight excluding hydrogens is 226 g/mol. The third kappa shape index (κ3) is 2.73. The molecule has 1 saturated heterocycles. The summed E-state index contributed by atoms with van der Waals surface area (Å²) in [7, 11) is 0. The molecule has 0 aliphatic carbocycles. The van der Waals surface area contributed by atoms with Crippen molar-refractivity contribution in [2.75, 3.05) is 13.1 Å². The first-order chi connectivity index (χ1) is 8.60. The van der Waals surface area contributed by atoms with Crippen molar-refractivity contribution in [1.82, 2.24) is 14.7 Å². The van der Waals surface area contributed by atoms with Crippen LogP contribution in [0.3, 0.4) is 0 Å². The molecular formula is C14H19N3O. The molecule has 1 aliphatic rings. The van der Waals surface area contributed by atoms with E-state index in [4.69, 9.17) is 6.42 Å². The highest BCUT2D eigenvalue weighted by Gasteiger charge is 2.27. The Kier molecular flexibility index (Phi) is 3.71. The van der Waals surface area contributed by atoms with Crippen LogP contribution in [0.2, 0.25) is 0 Å². The molecule has 4 heteroatoms. The van der Waals surface area contributed by atoms with Crippen LogP contribution in [0.1, 0.15) is 24.2 Å². The van der Waals surface area contributed by atoms with Gasteiger partial charge in [0.2, 0.25) is 5.91 Å². The topological polar surface area (TPSA) is 38.1 Å². The number of nitrogens with zero attached hydrogens (tertiary/aromatic N) is 3. The maximum Gasteiger partial charge on any atom is 0.223 e. The van der Waals surface area contributed by atoms with Crippen LogP contribution >= 0.6 is 0 Å². The van der Waals surface area contributed by atoms with Crippen molar-refractivity contribution in [3.63, 3.8) is 0 Å². The Labute approximate surface area is 108 Å². The van der Waals surface area contributed by atoms with Crippen molar-refractivity contribution in [2.24, 2.45) is 5.92 Å². The highest BCUT2D eigenvalue weighted by atomic mass is 16.2. The van der Waals surface area contributed by atoms with E-state index in [-0.39, 0.29) is 11.8 Å². The van der Waals surface area contributed by atoms with E-state index in [9.17, 15) is 4.79 Å². The predicted octanol–water partition coefficient (Wildman–Crippen LogP) is 1.37.